The first-order chi connectivity index (χ1) is 13.6. The first kappa shape index (κ1) is 19.0. The van der Waals surface area contributed by atoms with E-state index in [4.69, 9.17) is 4.74 Å². The van der Waals surface area contributed by atoms with Gasteiger partial charge in [-0.25, -0.2) is 0 Å². The molecule has 0 saturated heterocycles. The number of benzene rings is 3. The molecule has 3 aromatic carbocycles. The Bertz CT molecular complexity index is 1050. The van der Waals surface area contributed by atoms with Crippen molar-refractivity contribution in [1.29, 1.82) is 0 Å². The zero-order valence-corrected chi connectivity index (χ0v) is 15.5. The minimum absolute atomic E-state index is 0.0641. The molecule has 3 aromatic rings. The second-order valence-corrected chi connectivity index (χ2v) is 6.13. The number of hydrogen-bond acceptors (Lipinski definition) is 3. The van der Waals surface area contributed by atoms with E-state index in [1.165, 1.54) is 6.92 Å². The molecule has 0 aromatic heterocycles. The van der Waals surface area contributed by atoms with Crippen molar-refractivity contribution in [3.8, 4) is 17.6 Å². The molecule has 0 bridgehead atoms. The van der Waals surface area contributed by atoms with Crippen LogP contribution in [0.1, 0.15) is 12.5 Å². The van der Waals surface area contributed by atoms with Crippen LogP contribution in [0.5, 0.6) is 5.75 Å². The Morgan fingerprint density at radius 3 is 2.46 bits per heavy atom. The highest BCUT2D eigenvalue weighted by Gasteiger charge is 2.02. The fraction of sp³-hybridized carbons (Fsp3) is 0.130. The largest absolute Gasteiger partial charge is 0.484 e. The highest BCUT2D eigenvalue weighted by molar-refractivity contribution is 5.88. The van der Waals surface area contributed by atoms with Crippen molar-refractivity contribution in [2.24, 2.45) is 0 Å². The minimum Gasteiger partial charge on any atom is -0.484 e. The summed E-state index contributed by atoms with van der Waals surface area (Å²) in [5.41, 5.74) is 1.52. The van der Waals surface area contributed by atoms with Crippen LogP contribution in [0.2, 0.25) is 0 Å². The molecule has 2 amide bonds. The maximum Gasteiger partial charge on any atom is 0.258 e. The quantitative estimate of drug-likeness (QED) is 0.675. The molecule has 0 radical (unpaired) electrons. The predicted octanol–water partition coefficient (Wildman–Crippen LogP) is 3.34. The van der Waals surface area contributed by atoms with Gasteiger partial charge in [0.2, 0.25) is 5.91 Å². The molecule has 140 valence electrons. The fourth-order valence-corrected chi connectivity index (χ4v) is 2.59. The number of carbonyl (C=O) groups is 2. The zero-order chi connectivity index (χ0) is 19.8. The van der Waals surface area contributed by atoms with Gasteiger partial charge in [0.05, 0.1) is 6.54 Å². The van der Waals surface area contributed by atoms with Crippen LogP contribution < -0.4 is 15.4 Å². The number of carbonyl (C=O) groups excluding carboxylic acids is 2. The molecule has 0 aliphatic carbocycles. The van der Waals surface area contributed by atoms with Gasteiger partial charge >= 0.3 is 0 Å². The number of amides is 2. The first-order valence-electron chi connectivity index (χ1n) is 8.85. The van der Waals surface area contributed by atoms with Gasteiger partial charge in [-0.15, -0.1) is 0 Å². The van der Waals surface area contributed by atoms with Crippen LogP contribution in [-0.2, 0) is 9.59 Å². The summed E-state index contributed by atoms with van der Waals surface area (Å²) < 4.78 is 5.54. The van der Waals surface area contributed by atoms with Crippen LogP contribution >= 0.6 is 0 Å². The van der Waals surface area contributed by atoms with Gasteiger partial charge in [0.1, 0.15) is 5.75 Å². The smallest absolute Gasteiger partial charge is 0.258 e. The summed E-state index contributed by atoms with van der Waals surface area (Å²) in [4.78, 5) is 22.9. The number of nitrogens with one attached hydrogen (secondary N) is 2. The van der Waals surface area contributed by atoms with E-state index in [-0.39, 0.29) is 25.0 Å². The molecule has 0 heterocycles. The molecule has 0 spiro atoms. The summed E-state index contributed by atoms with van der Waals surface area (Å²) in [5.74, 6) is 6.15. The molecule has 28 heavy (non-hydrogen) atoms. The fourth-order valence-electron chi connectivity index (χ4n) is 2.59. The van der Waals surface area contributed by atoms with Crippen molar-refractivity contribution >= 4 is 28.3 Å². The Kier molecular flexibility index (Phi) is 6.27. The third-order valence-electron chi connectivity index (χ3n) is 3.90. The van der Waals surface area contributed by atoms with Crippen LogP contribution in [0.15, 0.2) is 66.7 Å². The van der Waals surface area contributed by atoms with Crippen molar-refractivity contribution in [3.05, 3.63) is 72.3 Å². The third kappa shape index (κ3) is 5.61. The SMILES string of the molecule is CC(=O)Nc1ccc(C#CCNC(=O)COc2ccc3ccccc3c2)cc1. The maximum absolute atomic E-state index is 11.9. The summed E-state index contributed by atoms with van der Waals surface area (Å²) in [5, 5.41) is 7.59. The highest BCUT2D eigenvalue weighted by Crippen LogP contribution is 2.20. The van der Waals surface area contributed by atoms with Crippen molar-refractivity contribution in [2.75, 3.05) is 18.5 Å². The highest BCUT2D eigenvalue weighted by atomic mass is 16.5. The summed E-state index contributed by atoms with van der Waals surface area (Å²) in [6.45, 7) is 1.62. The lowest BCUT2D eigenvalue weighted by molar-refractivity contribution is -0.122. The summed E-state index contributed by atoms with van der Waals surface area (Å²) in [7, 11) is 0. The number of anilines is 1. The third-order valence-corrected chi connectivity index (χ3v) is 3.90. The van der Waals surface area contributed by atoms with E-state index in [1.54, 1.807) is 12.1 Å². The van der Waals surface area contributed by atoms with Crippen LogP contribution in [0, 0.1) is 11.8 Å². The van der Waals surface area contributed by atoms with Gasteiger partial charge in [-0.1, -0.05) is 42.2 Å². The molecule has 3 rings (SSSR count). The molecule has 0 aliphatic rings. The van der Waals surface area contributed by atoms with Crippen molar-refractivity contribution in [3.63, 3.8) is 0 Å². The summed E-state index contributed by atoms with van der Waals surface area (Å²) in [6.07, 6.45) is 0. The molecule has 0 atom stereocenters. The van der Waals surface area contributed by atoms with Gasteiger partial charge in [-0.2, -0.15) is 0 Å². The molecular weight excluding hydrogens is 352 g/mol. The minimum atomic E-state index is -0.233. The predicted molar refractivity (Wildman–Crippen MR) is 110 cm³/mol. The molecule has 2 N–H and O–H groups in total. The number of ether oxygens (including phenoxy) is 1. The Morgan fingerprint density at radius 2 is 1.71 bits per heavy atom. The zero-order valence-electron chi connectivity index (χ0n) is 15.5. The van der Waals surface area contributed by atoms with Crippen LogP contribution in [0.3, 0.4) is 0 Å². The van der Waals surface area contributed by atoms with Gasteiger partial charge in [0.25, 0.3) is 5.91 Å². The monoisotopic (exact) mass is 372 g/mol. The van der Waals surface area contributed by atoms with Crippen LogP contribution in [-0.4, -0.2) is 25.0 Å². The Hall–Kier alpha value is -3.78. The molecule has 5 nitrogen and oxygen atoms in total. The topological polar surface area (TPSA) is 67.4 Å². The van der Waals surface area contributed by atoms with Crippen LogP contribution in [0.4, 0.5) is 5.69 Å². The van der Waals surface area contributed by atoms with Crippen LogP contribution in [0.25, 0.3) is 10.8 Å². The first-order valence-corrected chi connectivity index (χ1v) is 8.85. The van der Waals surface area contributed by atoms with Crippen molar-refractivity contribution in [2.45, 2.75) is 6.92 Å². The van der Waals surface area contributed by atoms with E-state index in [0.29, 0.717) is 5.75 Å². The number of rotatable bonds is 5. The summed E-state index contributed by atoms with van der Waals surface area (Å²) >= 11 is 0. The average molecular weight is 372 g/mol. The lowest BCUT2D eigenvalue weighted by atomic mass is 10.1. The summed E-state index contributed by atoms with van der Waals surface area (Å²) in [6, 6.07) is 20.9. The van der Waals surface area contributed by atoms with E-state index in [0.717, 1.165) is 22.0 Å². The van der Waals surface area contributed by atoms with Gasteiger partial charge in [-0.3, -0.25) is 9.59 Å². The van der Waals surface area contributed by atoms with Gasteiger partial charge in [-0.05, 0) is 47.2 Å². The number of fused-ring (bicyclic) bond motifs is 1. The van der Waals surface area contributed by atoms with E-state index < -0.39 is 0 Å². The Balaban J connectivity index is 1.44. The van der Waals surface area contributed by atoms with Crippen molar-refractivity contribution in [1.82, 2.24) is 5.32 Å². The standard InChI is InChI=1S/C23H20N2O3/c1-17(26)25-21-11-8-18(9-12-21)5-4-14-24-23(27)16-28-22-13-10-19-6-2-3-7-20(19)15-22/h2-3,6-13,15H,14,16H2,1H3,(H,24,27)(H,25,26). The van der Waals surface area contributed by atoms with Gasteiger partial charge in [0.15, 0.2) is 6.61 Å². The van der Waals surface area contributed by atoms with E-state index in [9.17, 15) is 9.59 Å². The molecule has 0 saturated carbocycles. The van der Waals surface area contributed by atoms with Crippen molar-refractivity contribution < 1.29 is 14.3 Å². The molecule has 5 heteroatoms. The number of hydrogen-bond donors (Lipinski definition) is 2. The molecular formula is C23H20N2O3. The lowest BCUT2D eigenvalue weighted by Gasteiger charge is -2.07. The molecule has 0 unspecified atom stereocenters. The van der Waals surface area contributed by atoms with E-state index in [2.05, 4.69) is 22.5 Å². The van der Waals surface area contributed by atoms with Gasteiger partial charge < -0.3 is 15.4 Å². The van der Waals surface area contributed by atoms with Gasteiger partial charge in [0, 0.05) is 18.2 Å². The van der Waals surface area contributed by atoms with E-state index >= 15 is 0 Å². The Labute approximate surface area is 163 Å². The average Bonchev–Trinajstić information content (AvgIpc) is 2.70. The lowest BCUT2D eigenvalue weighted by Crippen LogP contribution is -2.29. The second-order valence-electron chi connectivity index (χ2n) is 6.13. The molecule has 0 aliphatic heterocycles. The Morgan fingerprint density at radius 1 is 0.964 bits per heavy atom. The maximum atomic E-state index is 11.9. The van der Waals surface area contributed by atoms with E-state index in [1.807, 2.05) is 54.6 Å². The normalized spacial score (nSPS) is 9.89. The second kappa shape index (κ2) is 9.24. The molecule has 0 fully saturated rings.